The van der Waals surface area contributed by atoms with Crippen molar-refractivity contribution in [1.29, 1.82) is 0 Å². The first-order valence-electron chi connectivity index (χ1n) is 9.40. The van der Waals surface area contributed by atoms with Gasteiger partial charge in [-0.1, -0.05) is 103 Å². The highest BCUT2D eigenvalue weighted by Crippen LogP contribution is 2.32. The Morgan fingerprint density at radius 3 is 1.72 bits per heavy atom. The smallest absolute Gasteiger partial charge is 0.160 e. The van der Waals surface area contributed by atoms with Crippen LogP contribution in [0, 0.1) is 10.8 Å². The van der Waals surface area contributed by atoms with Crippen LogP contribution in [0.25, 0.3) is 0 Å². The molecule has 138 valence electrons. The largest absolute Gasteiger partial charge is 0.187 e. The van der Waals surface area contributed by atoms with Gasteiger partial charge in [-0.3, -0.25) is 0 Å². The van der Waals surface area contributed by atoms with E-state index in [0.717, 1.165) is 12.0 Å². The normalized spacial score (nSPS) is 14.6. The van der Waals surface area contributed by atoms with Gasteiger partial charge in [0.15, 0.2) is 6.71 Å². The lowest BCUT2D eigenvalue weighted by atomic mass is 9.29. The Balaban J connectivity index is 3.28. The molecule has 0 saturated carbocycles. The molecule has 25 heavy (non-hydrogen) atoms. The third-order valence-electron chi connectivity index (χ3n) is 4.92. The molecule has 0 amide bonds. The summed E-state index contributed by atoms with van der Waals surface area (Å²) in [7, 11) is 0. The van der Waals surface area contributed by atoms with Crippen molar-refractivity contribution < 1.29 is 0 Å². The molecule has 0 fully saturated rings. The van der Waals surface area contributed by atoms with E-state index in [1.165, 1.54) is 11.2 Å². The van der Waals surface area contributed by atoms with Crippen LogP contribution in [0.4, 0.5) is 0 Å². The molecule has 0 spiro atoms. The van der Waals surface area contributed by atoms with Gasteiger partial charge in [0, 0.05) is 22.3 Å². The standard InChI is InChI=1S/C22H37BN2/c1-17(20(2,3)4)24-25-19(21(5,6)7)16-23(22(8,9)10)18-14-12-11-13-15-18/h11-15H,16H2,1-10H3/b24-17+,25-19-. The molecule has 1 aromatic carbocycles. The van der Waals surface area contributed by atoms with Crippen LogP contribution in [0.15, 0.2) is 40.5 Å². The van der Waals surface area contributed by atoms with Crippen molar-refractivity contribution in [3.63, 3.8) is 0 Å². The average molecular weight is 340 g/mol. The molecule has 0 saturated heterocycles. The van der Waals surface area contributed by atoms with Gasteiger partial charge in [-0.25, -0.2) is 0 Å². The number of benzene rings is 1. The molecule has 0 aliphatic carbocycles. The Kier molecular flexibility index (Phi) is 6.84. The Labute approximate surface area is 156 Å². The predicted octanol–water partition coefficient (Wildman–Crippen LogP) is 6.10. The summed E-state index contributed by atoms with van der Waals surface area (Å²) in [6.45, 7) is 22.7. The first kappa shape index (κ1) is 21.7. The van der Waals surface area contributed by atoms with Crippen molar-refractivity contribution in [2.45, 2.75) is 80.9 Å². The van der Waals surface area contributed by atoms with Gasteiger partial charge in [0.25, 0.3) is 0 Å². The average Bonchev–Trinajstić information content (AvgIpc) is 2.44. The van der Waals surface area contributed by atoms with Crippen LogP contribution in [0.5, 0.6) is 0 Å². The maximum atomic E-state index is 4.74. The van der Waals surface area contributed by atoms with Crippen LogP contribution in [-0.4, -0.2) is 18.1 Å². The third kappa shape index (κ3) is 6.80. The summed E-state index contributed by atoms with van der Waals surface area (Å²) in [6.07, 6.45) is 0.929. The molecule has 0 atom stereocenters. The molecule has 1 rings (SSSR count). The number of hydrogen-bond donors (Lipinski definition) is 0. The van der Waals surface area contributed by atoms with Gasteiger partial charge in [0.2, 0.25) is 0 Å². The zero-order valence-corrected chi connectivity index (χ0v) is 18.1. The Morgan fingerprint density at radius 2 is 1.32 bits per heavy atom. The predicted molar refractivity (Wildman–Crippen MR) is 116 cm³/mol. The minimum absolute atomic E-state index is 0.0000549. The third-order valence-corrected chi connectivity index (χ3v) is 4.92. The summed E-state index contributed by atoms with van der Waals surface area (Å²) in [4.78, 5) is 0. The van der Waals surface area contributed by atoms with Gasteiger partial charge in [-0.05, 0) is 13.2 Å². The van der Waals surface area contributed by atoms with E-state index in [1.54, 1.807) is 0 Å². The summed E-state index contributed by atoms with van der Waals surface area (Å²) in [5, 5.41) is 9.50. The van der Waals surface area contributed by atoms with Crippen molar-refractivity contribution in [3.8, 4) is 0 Å². The van der Waals surface area contributed by atoms with Gasteiger partial charge >= 0.3 is 0 Å². The zero-order valence-electron chi connectivity index (χ0n) is 18.1. The molecule has 0 aliphatic rings. The molecule has 1 aromatic rings. The fourth-order valence-corrected chi connectivity index (χ4v) is 2.59. The first-order chi connectivity index (χ1) is 11.2. The number of nitrogens with zero attached hydrogens (tertiary/aromatic N) is 2. The van der Waals surface area contributed by atoms with Crippen molar-refractivity contribution in [1.82, 2.24) is 0 Å². The first-order valence-corrected chi connectivity index (χ1v) is 9.40. The summed E-state index contributed by atoms with van der Waals surface area (Å²) in [5.41, 5.74) is 3.67. The van der Waals surface area contributed by atoms with Gasteiger partial charge in [0.05, 0.1) is 0 Å². The topological polar surface area (TPSA) is 24.7 Å². The zero-order chi connectivity index (χ0) is 19.5. The van der Waals surface area contributed by atoms with Crippen LogP contribution in [0.3, 0.4) is 0 Å². The Hall–Kier alpha value is -1.38. The van der Waals surface area contributed by atoms with Crippen LogP contribution >= 0.6 is 0 Å². The number of rotatable bonds is 4. The van der Waals surface area contributed by atoms with Crippen molar-refractivity contribution in [2.75, 3.05) is 0 Å². The molecule has 0 aromatic heterocycles. The van der Waals surface area contributed by atoms with Crippen molar-refractivity contribution >= 4 is 23.6 Å². The second-order valence-corrected chi connectivity index (χ2v) is 10.3. The molecule has 0 bridgehead atoms. The van der Waals surface area contributed by atoms with Gasteiger partial charge < -0.3 is 0 Å². The fraction of sp³-hybridized carbons (Fsp3) is 0.636. The van der Waals surface area contributed by atoms with E-state index in [-0.39, 0.29) is 16.1 Å². The highest BCUT2D eigenvalue weighted by atomic mass is 15.2. The SMILES string of the molecule is C/C(=N\N=C(\CB(c1ccccc1)C(C)(C)C)C(C)(C)C)C(C)(C)C. The van der Waals surface area contributed by atoms with Crippen LogP contribution in [-0.2, 0) is 0 Å². The van der Waals surface area contributed by atoms with Gasteiger partial charge in [0.1, 0.15) is 0 Å². The minimum Gasteiger partial charge on any atom is -0.160 e. The van der Waals surface area contributed by atoms with E-state index >= 15 is 0 Å². The molecular formula is C22H37BN2. The second-order valence-electron chi connectivity index (χ2n) is 10.3. The van der Waals surface area contributed by atoms with Crippen molar-refractivity contribution in [2.24, 2.45) is 21.0 Å². The van der Waals surface area contributed by atoms with E-state index in [1.807, 2.05) is 0 Å². The molecule has 0 N–H and O–H groups in total. The number of hydrogen-bond acceptors (Lipinski definition) is 2. The molecule has 0 heterocycles. The van der Waals surface area contributed by atoms with E-state index in [2.05, 4.69) is 105 Å². The maximum Gasteiger partial charge on any atom is 0.187 e. The van der Waals surface area contributed by atoms with E-state index in [4.69, 9.17) is 5.10 Å². The highest BCUT2D eigenvalue weighted by Gasteiger charge is 2.34. The molecular weight excluding hydrogens is 303 g/mol. The van der Waals surface area contributed by atoms with Gasteiger partial charge in [-0.2, -0.15) is 10.2 Å². The lowest BCUT2D eigenvalue weighted by molar-refractivity contribution is 0.576. The molecule has 0 unspecified atom stereocenters. The lowest BCUT2D eigenvalue weighted by Crippen LogP contribution is -2.42. The van der Waals surface area contributed by atoms with E-state index < -0.39 is 0 Å². The lowest BCUT2D eigenvalue weighted by Gasteiger charge is -2.31. The molecule has 3 heteroatoms. The Bertz CT molecular complexity index is 608. The summed E-state index contributed by atoms with van der Waals surface area (Å²) < 4.78 is 0. The summed E-state index contributed by atoms with van der Waals surface area (Å²) in [6, 6.07) is 10.8. The van der Waals surface area contributed by atoms with E-state index in [0.29, 0.717) is 6.71 Å². The summed E-state index contributed by atoms with van der Waals surface area (Å²) in [5.74, 6) is 0. The Morgan fingerprint density at radius 1 is 0.800 bits per heavy atom. The van der Waals surface area contributed by atoms with Crippen LogP contribution in [0.2, 0.25) is 11.6 Å². The second kappa shape index (κ2) is 7.89. The van der Waals surface area contributed by atoms with Gasteiger partial charge in [-0.15, -0.1) is 0 Å². The highest BCUT2D eigenvalue weighted by molar-refractivity contribution is 6.78. The van der Waals surface area contributed by atoms with Crippen LogP contribution in [0.1, 0.15) is 69.2 Å². The van der Waals surface area contributed by atoms with E-state index in [9.17, 15) is 0 Å². The van der Waals surface area contributed by atoms with Crippen molar-refractivity contribution in [3.05, 3.63) is 30.3 Å². The molecule has 2 nitrogen and oxygen atoms in total. The molecule has 0 aliphatic heterocycles. The minimum atomic E-state index is -0.0000549. The monoisotopic (exact) mass is 340 g/mol. The summed E-state index contributed by atoms with van der Waals surface area (Å²) >= 11 is 0. The van der Waals surface area contributed by atoms with Crippen LogP contribution < -0.4 is 5.46 Å². The molecule has 0 radical (unpaired) electrons. The maximum absolute atomic E-state index is 4.74. The quantitative estimate of drug-likeness (QED) is 0.359. The fourth-order valence-electron chi connectivity index (χ4n) is 2.59.